The quantitative estimate of drug-likeness (QED) is 0.177. The number of fused-ring (bicyclic) bond motifs is 1. The van der Waals surface area contributed by atoms with E-state index in [2.05, 4.69) is 29.0 Å². The number of nitrogens with one attached hydrogen (secondary N) is 1. The maximum absolute atomic E-state index is 13.8. The highest BCUT2D eigenvalue weighted by Gasteiger charge is 2.34. The molecular weight excluding hydrogens is 556 g/mol. The van der Waals surface area contributed by atoms with Crippen LogP contribution in [-0.4, -0.2) is 32.9 Å². The van der Waals surface area contributed by atoms with Gasteiger partial charge in [-0.15, -0.1) is 0 Å². The number of halogens is 6. The maximum Gasteiger partial charge on any atom is 0.418 e. The molecule has 1 unspecified atom stereocenters. The molecule has 0 aliphatic heterocycles. The van der Waals surface area contributed by atoms with Crippen molar-refractivity contribution in [2.75, 3.05) is 18.4 Å². The van der Waals surface area contributed by atoms with Crippen LogP contribution >= 0.6 is 0 Å². The van der Waals surface area contributed by atoms with Crippen LogP contribution in [0.1, 0.15) is 69.4 Å². The van der Waals surface area contributed by atoms with Gasteiger partial charge >= 0.3 is 12.4 Å². The molecule has 11 heteroatoms. The van der Waals surface area contributed by atoms with Crippen LogP contribution in [0.4, 0.5) is 37.8 Å². The van der Waals surface area contributed by atoms with Gasteiger partial charge in [-0.2, -0.15) is 26.3 Å². The van der Waals surface area contributed by atoms with E-state index in [-0.39, 0.29) is 17.3 Å². The lowest BCUT2D eigenvalue weighted by atomic mass is 10.0. The molecule has 1 N–H and O–H groups in total. The van der Waals surface area contributed by atoms with E-state index in [9.17, 15) is 26.3 Å². The Morgan fingerprint density at radius 3 is 2.10 bits per heavy atom. The minimum atomic E-state index is -4.60. The Bertz CT molecular complexity index is 1480. The standard InChI is InChI=1S/C31H33F6N5/c1-4-6-17-42(18-7-5-2)20(3)28-40-26-19-21(27-25(31(35,36)37)9-8-16-38-27)10-15-24(26)29(41-28)39-23-13-11-22(12-14-23)30(32,33)34/h8-16,19-20H,4-7,17-18H2,1-3H3,(H,39,40,41). The molecule has 5 nitrogen and oxygen atoms in total. The summed E-state index contributed by atoms with van der Waals surface area (Å²) in [7, 11) is 0. The summed E-state index contributed by atoms with van der Waals surface area (Å²) in [5.74, 6) is 0.800. The van der Waals surface area contributed by atoms with E-state index >= 15 is 0 Å². The van der Waals surface area contributed by atoms with E-state index in [1.54, 1.807) is 12.1 Å². The molecule has 1 atom stereocenters. The minimum Gasteiger partial charge on any atom is -0.340 e. The van der Waals surface area contributed by atoms with Gasteiger partial charge < -0.3 is 5.32 Å². The second-order valence-corrected chi connectivity index (χ2v) is 10.2. The first kappa shape index (κ1) is 31.2. The van der Waals surface area contributed by atoms with Gasteiger partial charge in [0.15, 0.2) is 0 Å². The van der Waals surface area contributed by atoms with Crippen molar-refractivity contribution < 1.29 is 26.3 Å². The summed E-state index contributed by atoms with van der Waals surface area (Å²) in [6, 6.07) is 11.2. The second kappa shape index (κ2) is 13.1. The van der Waals surface area contributed by atoms with Gasteiger partial charge in [0.2, 0.25) is 0 Å². The van der Waals surface area contributed by atoms with Crippen molar-refractivity contribution in [1.29, 1.82) is 0 Å². The summed E-state index contributed by atoms with van der Waals surface area (Å²) in [6.45, 7) is 7.84. The normalized spacial score (nSPS) is 13.1. The van der Waals surface area contributed by atoms with Gasteiger partial charge in [-0.05, 0) is 81.4 Å². The maximum atomic E-state index is 13.8. The van der Waals surface area contributed by atoms with Crippen molar-refractivity contribution in [1.82, 2.24) is 19.9 Å². The number of unbranched alkanes of at least 4 members (excludes halogenated alkanes) is 2. The molecule has 0 spiro atoms. The number of rotatable bonds is 11. The van der Waals surface area contributed by atoms with Crippen molar-refractivity contribution in [2.24, 2.45) is 0 Å². The van der Waals surface area contributed by atoms with E-state index in [4.69, 9.17) is 9.97 Å². The smallest absolute Gasteiger partial charge is 0.340 e. The third-order valence-electron chi connectivity index (χ3n) is 7.09. The van der Waals surface area contributed by atoms with Crippen molar-refractivity contribution in [2.45, 2.75) is 64.8 Å². The molecule has 2 aromatic carbocycles. The molecule has 0 amide bonds. The van der Waals surface area contributed by atoms with Crippen LogP contribution < -0.4 is 5.32 Å². The minimum absolute atomic E-state index is 0.218. The lowest BCUT2D eigenvalue weighted by Gasteiger charge is -2.28. The van der Waals surface area contributed by atoms with Crippen molar-refractivity contribution in [3.63, 3.8) is 0 Å². The molecule has 2 aromatic heterocycles. The van der Waals surface area contributed by atoms with E-state index in [1.807, 2.05) is 6.92 Å². The summed E-state index contributed by atoms with van der Waals surface area (Å²) in [4.78, 5) is 15.9. The van der Waals surface area contributed by atoms with E-state index in [0.29, 0.717) is 28.2 Å². The Kier molecular flexibility index (Phi) is 9.71. The predicted octanol–water partition coefficient (Wildman–Crippen LogP) is 9.44. The van der Waals surface area contributed by atoms with Gasteiger partial charge in [0.25, 0.3) is 0 Å². The first-order valence-electron chi connectivity index (χ1n) is 13.9. The van der Waals surface area contributed by atoms with Crippen LogP contribution in [0.25, 0.3) is 22.2 Å². The van der Waals surface area contributed by atoms with Crippen molar-refractivity contribution in [3.8, 4) is 11.3 Å². The zero-order valence-electron chi connectivity index (χ0n) is 23.7. The first-order valence-corrected chi connectivity index (χ1v) is 13.9. The summed E-state index contributed by atoms with van der Waals surface area (Å²) in [6.07, 6.45) is -3.81. The molecule has 0 fully saturated rings. The van der Waals surface area contributed by atoms with E-state index in [0.717, 1.165) is 57.0 Å². The monoisotopic (exact) mass is 589 g/mol. The number of pyridine rings is 1. The molecule has 0 radical (unpaired) electrons. The Labute approximate surface area is 241 Å². The largest absolute Gasteiger partial charge is 0.418 e. The lowest BCUT2D eigenvalue weighted by Crippen LogP contribution is -2.30. The zero-order valence-corrected chi connectivity index (χ0v) is 23.7. The molecule has 0 aliphatic carbocycles. The van der Waals surface area contributed by atoms with Gasteiger partial charge in [0.05, 0.1) is 28.4 Å². The first-order chi connectivity index (χ1) is 19.9. The Morgan fingerprint density at radius 1 is 0.833 bits per heavy atom. The van der Waals surface area contributed by atoms with Crippen molar-refractivity contribution >= 4 is 22.4 Å². The fourth-order valence-electron chi connectivity index (χ4n) is 4.71. The molecule has 2 heterocycles. The third-order valence-corrected chi connectivity index (χ3v) is 7.09. The van der Waals surface area contributed by atoms with Gasteiger partial charge in [-0.25, -0.2) is 9.97 Å². The van der Waals surface area contributed by atoms with Crippen LogP contribution in [0.15, 0.2) is 60.8 Å². The fourth-order valence-corrected chi connectivity index (χ4v) is 4.71. The number of aromatic nitrogens is 3. The summed E-state index contributed by atoms with van der Waals surface area (Å²) in [5, 5.41) is 3.62. The van der Waals surface area contributed by atoms with Crippen LogP contribution in [-0.2, 0) is 12.4 Å². The van der Waals surface area contributed by atoms with Crippen LogP contribution in [0.5, 0.6) is 0 Å². The number of alkyl halides is 6. The third kappa shape index (κ3) is 7.36. The number of hydrogen-bond donors (Lipinski definition) is 1. The Balaban J connectivity index is 1.83. The molecule has 4 rings (SSSR count). The van der Waals surface area contributed by atoms with Gasteiger partial charge in [0.1, 0.15) is 11.6 Å². The molecule has 42 heavy (non-hydrogen) atoms. The van der Waals surface area contributed by atoms with Gasteiger partial charge in [-0.1, -0.05) is 32.8 Å². The Morgan fingerprint density at radius 2 is 1.50 bits per heavy atom. The number of benzene rings is 2. The average Bonchev–Trinajstić information content (AvgIpc) is 2.96. The van der Waals surface area contributed by atoms with Crippen LogP contribution in [0, 0.1) is 0 Å². The summed E-state index contributed by atoms with van der Waals surface area (Å²) < 4.78 is 80.6. The van der Waals surface area contributed by atoms with Crippen LogP contribution in [0.3, 0.4) is 0 Å². The summed E-state index contributed by atoms with van der Waals surface area (Å²) in [5.41, 5.74) is -0.850. The molecule has 0 saturated heterocycles. The van der Waals surface area contributed by atoms with Crippen molar-refractivity contribution in [3.05, 3.63) is 77.7 Å². The fraction of sp³-hybridized carbons (Fsp3) is 0.387. The number of hydrogen-bond acceptors (Lipinski definition) is 5. The second-order valence-electron chi connectivity index (χ2n) is 10.2. The van der Waals surface area contributed by atoms with E-state index in [1.165, 1.54) is 30.5 Å². The molecule has 4 aromatic rings. The molecule has 0 aliphatic rings. The molecular formula is C31H33F6N5. The highest BCUT2D eigenvalue weighted by atomic mass is 19.4. The van der Waals surface area contributed by atoms with E-state index < -0.39 is 23.5 Å². The highest BCUT2D eigenvalue weighted by Crippen LogP contribution is 2.38. The number of anilines is 2. The van der Waals surface area contributed by atoms with Crippen LogP contribution in [0.2, 0.25) is 0 Å². The Hall–Kier alpha value is -3.73. The SMILES string of the molecule is CCCCN(CCCC)C(C)c1nc(Nc2ccc(C(F)(F)F)cc2)c2ccc(-c3ncccc3C(F)(F)F)cc2n1. The highest BCUT2D eigenvalue weighted by molar-refractivity contribution is 5.93. The molecule has 0 saturated carbocycles. The molecule has 224 valence electrons. The lowest BCUT2D eigenvalue weighted by molar-refractivity contribution is -0.138. The van der Waals surface area contributed by atoms with Gasteiger partial charge in [-0.3, -0.25) is 9.88 Å². The average molecular weight is 590 g/mol. The molecule has 0 bridgehead atoms. The topological polar surface area (TPSA) is 53.9 Å². The number of nitrogens with zero attached hydrogens (tertiary/aromatic N) is 4. The predicted molar refractivity (Wildman–Crippen MR) is 152 cm³/mol. The van der Waals surface area contributed by atoms with Gasteiger partial charge in [0, 0.05) is 22.8 Å². The zero-order chi connectivity index (χ0) is 30.5. The summed E-state index contributed by atoms with van der Waals surface area (Å²) >= 11 is 0.